The van der Waals surface area contributed by atoms with E-state index in [1.807, 2.05) is 23.1 Å². The molecule has 2 heterocycles. The van der Waals surface area contributed by atoms with Crippen LogP contribution in [-0.2, 0) is 0 Å². The lowest BCUT2D eigenvalue weighted by Crippen LogP contribution is -2.39. The van der Waals surface area contributed by atoms with Crippen molar-refractivity contribution in [2.24, 2.45) is 4.99 Å². The number of thiophene rings is 1. The molecule has 0 spiro atoms. The molecule has 1 saturated heterocycles. The molecule has 2 atom stereocenters. The largest absolute Gasteiger partial charge is 0.359 e. The molecule has 17 heavy (non-hydrogen) atoms. The van der Waals surface area contributed by atoms with Crippen molar-refractivity contribution in [1.82, 2.24) is 5.32 Å². The Morgan fingerprint density at radius 1 is 1.53 bits per heavy atom. The zero-order valence-electron chi connectivity index (χ0n) is 10.9. The van der Waals surface area contributed by atoms with Crippen LogP contribution in [0.5, 0.6) is 0 Å². The van der Waals surface area contributed by atoms with E-state index in [2.05, 4.69) is 45.1 Å². The third-order valence-electron chi connectivity index (χ3n) is 3.20. The van der Waals surface area contributed by atoms with E-state index in [0.29, 0.717) is 0 Å². The molecule has 1 aliphatic rings. The summed E-state index contributed by atoms with van der Waals surface area (Å²) in [6, 6.07) is 4.62. The van der Waals surface area contributed by atoms with Crippen LogP contribution in [0, 0.1) is 6.92 Å². The maximum atomic E-state index is 4.78. The van der Waals surface area contributed by atoms with Gasteiger partial charge in [-0.3, -0.25) is 4.99 Å². The summed E-state index contributed by atoms with van der Waals surface area (Å²) in [4.78, 5) is 7.49. The van der Waals surface area contributed by atoms with Crippen molar-refractivity contribution in [3.8, 4) is 0 Å². The molecule has 4 heteroatoms. The van der Waals surface area contributed by atoms with Crippen LogP contribution in [-0.4, -0.2) is 16.5 Å². The normalized spacial score (nSPS) is 28.4. The van der Waals surface area contributed by atoms with Crippen molar-refractivity contribution in [3.63, 3.8) is 0 Å². The molecule has 0 bridgehead atoms. The standard InChI is InChI=1S/C13H20N2S2/c1-5-13(4)8-16-12(15-13)14-10(3)11-7-6-9(2)17-11/h6-7,10H,5,8H2,1-4H3,(H,14,15). The molecule has 94 valence electrons. The Morgan fingerprint density at radius 3 is 2.82 bits per heavy atom. The van der Waals surface area contributed by atoms with Gasteiger partial charge in [0.2, 0.25) is 0 Å². The Kier molecular flexibility index (Phi) is 3.83. The van der Waals surface area contributed by atoms with Gasteiger partial charge in [-0.25, -0.2) is 0 Å². The zero-order chi connectivity index (χ0) is 12.5. The highest BCUT2D eigenvalue weighted by Gasteiger charge is 2.30. The van der Waals surface area contributed by atoms with E-state index >= 15 is 0 Å². The number of aliphatic imine (C=N–C) groups is 1. The predicted molar refractivity (Wildman–Crippen MR) is 79.2 cm³/mol. The maximum absolute atomic E-state index is 4.78. The zero-order valence-corrected chi connectivity index (χ0v) is 12.5. The highest BCUT2D eigenvalue weighted by molar-refractivity contribution is 8.14. The van der Waals surface area contributed by atoms with Gasteiger partial charge in [-0.1, -0.05) is 18.7 Å². The summed E-state index contributed by atoms with van der Waals surface area (Å²) in [5, 5.41) is 4.65. The summed E-state index contributed by atoms with van der Waals surface area (Å²) in [6.07, 6.45) is 1.14. The second-order valence-electron chi connectivity index (χ2n) is 4.89. The van der Waals surface area contributed by atoms with Gasteiger partial charge in [0.25, 0.3) is 0 Å². The molecular weight excluding hydrogens is 248 g/mol. The van der Waals surface area contributed by atoms with E-state index in [-0.39, 0.29) is 11.6 Å². The molecule has 2 unspecified atom stereocenters. The number of hydrogen-bond donors (Lipinski definition) is 1. The number of thioether (sulfide) groups is 1. The first kappa shape index (κ1) is 13.0. The number of hydrogen-bond acceptors (Lipinski definition) is 3. The van der Waals surface area contributed by atoms with Gasteiger partial charge >= 0.3 is 0 Å². The van der Waals surface area contributed by atoms with Gasteiger partial charge in [-0.05, 0) is 39.3 Å². The third kappa shape index (κ3) is 3.05. The second-order valence-corrected chi connectivity index (χ2v) is 7.17. The van der Waals surface area contributed by atoms with Gasteiger partial charge in [0, 0.05) is 21.0 Å². The molecule has 1 aromatic rings. The van der Waals surface area contributed by atoms with E-state index < -0.39 is 0 Å². The van der Waals surface area contributed by atoms with Crippen LogP contribution in [0.3, 0.4) is 0 Å². The number of nitrogens with one attached hydrogen (secondary N) is 1. The summed E-state index contributed by atoms with van der Waals surface area (Å²) in [6.45, 7) is 8.80. The van der Waals surface area contributed by atoms with E-state index in [1.165, 1.54) is 9.75 Å². The number of aryl methyl sites for hydroxylation is 1. The molecule has 0 aliphatic carbocycles. The summed E-state index contributed by atoms with van der Waals surface area (Å²) in [7, 11) is 0. The average Bonchev–Trinajstić information content (AvgIpc) is 2.86. The number of nitrogens with zero attached hydrogens (tertiary/aromatic N) is 1. The highest BCUT2D eigenvalue weighted by atomic mass is 32.2. The second kappa shape index (κ2) is 5.02. The summed E-state index contributed by atoms with van der Waals surface area (Å²) in [5.74, 6) is 1.12. The summed E-state index contributed by atoms with van der Waals surface area (Å²) in [5.41, 5.74) is 0.231. The first-order chi connectivity index (χ1) is 8.02. The average molecular weight is 268 g/mol. The Balaban J connectivity index is 2.06. The summed E-state index contributed by atoms with van der Waals surface area (Å²) < 4.78 is 0. The maximum Gasteiger partial charge on any atom is 0.157 e. The smallest absolute Gasteiger partial charge is 0.157 e. The highest BCUT2D eigenvalue weighted by Crippen LogP contribution is 2.30. The number of amidine groups is 1. The van der Waals surface area contributed by atoms with E-state index in [0.717, 1.165) is 17.3 Å². The predicted octanol–water partition coefficient (Wildman–Crippen LogP) is 3.98. The van der Waals surface area contributed by atoms with E-state index in [4.69, 9.17) is 4.99 Å². The molecule has 1 aromatic heterocycles. The monoisotopic (exact) mass is 268 g/mol. The molecule has 1 fully saturated rings. The fraction of sp³-hybridized carbons (Fsp3) is 0.615. The molecule has 2 nitrogen and oxygen atoms in total. The Hall–Kier alpha value is -0.480. The SMILES string of the molecule is CCC1(C)CSC(=NC(C)c2ccc(C)s2)N1. The Labute approximate surface area is 112 Å². The van der Waals surface area contributed by atoms with Crippen molar-refractivity contribution < 1.29 is 0 Å². The fourth-order valence-electron chi connectivity index (χ4n) is 1.74. The fourth-order valence-corrected chi connectivity index (χ4v) is 3.89. The van der Waals surface area contributed by atoms with Gasteiger partial charge in [0.15, 0.2) is 5.17 Å². The van der Waals surface area contributed by atoms with Crippen molar-refractivity contribution in [3.05, 3.63) is 21.9 Å². The lowest BCUT2D eigenvalue weighted by Gasteiger charge is -2.21. The van der Waals surface area contributed by atoms with Crippen molar-refractivity contribution in [2.45, 2.75) is 45.7 Å². The lowest BCUT2D eigenvalue weighted by molar-refractivity contribution is 0.466. The topological polar surface area (TPSA) is 24.4 Å². The van der Waals surface area contributed by atoms with Crippen LogP contribution in [0.4, 0.5) is 0 Å². The van der Waals surface area contributed by atoms with Crippen LogP contribution in [0.1, 0.15) is 43.0 Å². The van der Waals surface area contributed by atoms with Crippen LogP contribution in [0.15, 0.2) is 17.1 Å². The first-order valence-corrected chi connectivity index (χ1v) is 7.88. The van der Waals surface area contributed by atoms with Crippen LogP contribution in [0.2, 0.25) is 0 Å². The molecule has 1 N–H and O–H groups in total. The molecular formula is C13H20N2S2. The van der Waals surface area contributed by atoms with Gasteiger partial charge in [0.05, 0.1) is 6.04 Å². The third-order valence-corrected chi connectivity index (χ3v) is 5.63. The minimum Gasteiger partial charge on any atom is -0.359 e. The quantitative estimate of drug-likeness (QED) is 0.896. The number of rotatable bonds is 3. The van der Waals surface area contributed by atoms with Crippen LogP contribution >= 0.6 is 23.1 Å². The molecule has 2 rings (SSSR count). The van der Waals surface area contributed by atoms with Crippen molar-refractivity contribution >= 4 is 28.3 Å². The van der Waals surface area contributed by atoms with Gasteiger partial charge in [-0.2, -0.15) is 0 Å². The van der Waals surface area contributed by atoms with Crippen LogP contribution < -0.4 is 5.32 Å². The molecule has 0 saturated carbocycles. The molecule has 1 aliphatic heterocycles. The molecule has 0 radical (unpaired) electrons. The van der Waals surface area contributed by atoms with Gasteiger partial charge in [0.1, 0.15) is 0 Å². The first-order valence-electron chi connectivity index (χ1n) is 6.07. The molecule has 0 amide bonds. The Bertz CT molecular complexity index is 425. The van der Waals surface area contributed by atoms with E-state index in [1.54, 1.807) is 0 Å². The van der Waals surface area contributed by atoms with Gasteiger partial charge < -0.3 is 5.32 Å². The minimum absolute atomic E-state index is 0.231. The van der Waals surface area contributed by atoms with Gasteiger partial charge in [-0.15, -0.1) is 11.3 Å². The van der Waals surface area contributed by atoms with Crippen molar-refractivity contribution in [1.29, 1.82) is 0 Å². The Morgan fingerprint density at radius 2 is 2.29 bits per heavy atom. The summed E-state index contributed by atoms with van der Waals surface area (Å²) >= 11 is 3.69. The minimum atomic E-state index is 0.231. The lowest BCUT2D eigenvalue weighted by atomic mass is 10.0. The van der Waals surface area contributed by atoms with Crippen molar-refractivity contribution in [2.75, 3.05) is 5.75 Å². The molecule has 0 aromatic carbocycles. The van der Waals surface area contributed by atoms with E-state index in [9.17, 15) is 0 Å². The van der Waals surface area contributed by atoms with Crippen LogP contribution in [0.25, 0.3) is 0 Å².